The van der Waals surface area contributed by atoms with Crippen molar-refractivity contribution in [2.24, 2.45) is 0 Å². The SMILES string of the molecule is CCCCn1c(C)cc(=O)cc1C(=O)O. The Morgan fingerprint density at radius 1 is 1.47 bits per heavy atom. The molecule has 4 nitrogen and oxygen atoms in total. The maximum Gasteiger partial charge on any atom is 0.352 e. The van der Waals surface area contributed by atoms with Crippen LogP contribution in [0.2, 0.25) is 0 Å². The molecule has 0 atom stereocenters. The molecule has 0 aliphatic rings. The third kappa shape index (κ3) is 2.68. The standard InChI is InChI=1S/C11H15NO3/c1-3-4-5-12-8(2)6-9(13)7-10(12)11(14)15/h6-7H,3-5H2,1-2H3,(H,14,15). The van der Waals surface area contributed by atoms with E-state index >= 15 is 0 Å². The fourth-order valence-electron chi connectivity index (χ4n) is 1.52. The van der Waals surface area contributed by atoms with Crippen molar-refractivity contribution in [3.63, 3.8) is 0 Å². The highest BCUT2D eigenvalue weighted by Gasteiger charge is 2.10. The quantitative estimate of drug-likeness (QED) is 0.820. The Bertz CT molecular complexity index is 420. The second-order valence-corrected chi connectivity index (χ2v) is 3.53. The van der Waals surface area contributed by atoms with Crippen molar-refractivity contribution in [1.29, 1.82) is 0 Å². The van der Waals surface area contributed by atoms with Gasteiger partial charge in [-0.2, -0.15) is 0 Å². The molecule has 1 N–H and O–H groups in total. The van der Waals surface area contributed by atoms with Crippen LogP contribution in [-0.2, 0) is 6.54 Å². The Hall–Kier alpha value is -1.58. The lowest BCUT2D eigenvalue weighted by atomic mass is 10.2. The van der Waals surface area contributed by atoms with Crippen LogP contribution >= 0.6 is 0 Å². The number of hydrogen-bond donors (Lipinski definition) is 1. The molecule has 0 radical (unpaired) electrons. The summed E-state index contributed by atoms with van der Waals surface area (Å²) < 4.78 is 1.67. The monoisotopic (exact) mass is 209 g/mol. The Labute approximate surface area is 88.2 Å². The first-order valence-electron chi connectivity index (χ1n) is 5.01. The molecule has 0 fully saturated rings. The summed E-state index contributed by atoms with van der Waals surface area (Å²) in [6.07, 6.45) is 1.90. The van der Waals surface area contributed by atoms with E-state index in [1.54, 1.807) is 11.5 Å². The van der Waals surface area contributed by atoms with Gasteiger partial charge in [-0.15, -0.1) is 0 Å². The molecule has 0 bridgehead atoms. The molecule has 4 heteroatoms. The van der Waals surface area contributed by atoms with Crippen LogP contribution in [0.1, 0.15) is 35.9 Å². The van der Waals surface area contributed by atoms with Gasteiger partial charge in [0.2, 0.25) is 0 Å². The van der Waals surface area contributed by atoms with E-state index < -0.39 is 5.97 Å². The molecule has 15 heavy (non-hydrogen) atoms. The summed E-state index contributed by atoms with van der Waals surface area (Å²) in [6, 6.07) is 2.63. The van der Waals surface area contributed by atoms with Crippen molar-refractivity contribution in [2.75, 3.05) is 0 Å². The summed E-state index contributed by atoms with van der Waals surface area (Å²) in [4.78, 5) is 22.1. The predicted octanol–water partition coefficient (Wildman–Crippen LogP) is 1.66. The molecule has 1 heterocycles. The molecule has 0 aromatic carbocycles. The second-order valence-electron chi connectivity index (χ2n) is 3.53. The topological polar surface area (TPSA) is 59.3 Å². The van der Waals surface area contributed by atoms with Gasteiger partial charge in [0.1, 0.15) is 5.69 Å². The Morgan fingerprint density at radius 3 is 2.67 bits per heavy atom. The van der Waals surface area contributed by atoms with Gasteiger partial charge < -0.3 is 9.67 Å². The highest BCUT2D eigenvalue weighted by molar-refractivity contribution is 5.85. The van der Waals surface area contributed by atoms with Crippen molar-refractivity contribution in [1.82, 2.24) is 4.57 Å². The molecule has 0 saturated carbocycles. The normalized spacial score (nSPS) is 10.3. The summed E-state index contributed by atoms with van der Waals surface area (Å²) in [5.41, 5.74) is 0.527. The van der Waals surface area contributed by atoms with Crippen LogP contribution in [0.4, 0.5) is 0 Å². The van der Waals surface area contributed by atoms with Crippen LogP contribution in [0.25, 0.3) is 0 Å². The molecule has 0 aliphatic heterocycles. The first kappa shape index (κ1) is 11.5. The van der Waals surface area contributed by atoms with Gasteiger partial charge in [-0.05, 0) is 13.3 Å². The number of pyridine rings is 1. The summed E-state index contributed by atoms with van der Waals surface area (Å²) in [5, 5.41) is 8.95. The summed E-state index contributed by atoms with van der Waals surface area (Å²) in [6.45, 7) is 4.44. The highest BCUT2D eigenvalue weighted by atomic mass is 16.4. The van der Waals surface area contributed by atoms with E-state index in [1.165, 1.54) is 12.1 Å². The number of unbranched alkanes of at least 4 members (excludes halogenated alkanes) is 1. The number of carboxylic acid groups (broad SMARTS) is 1. The van der Waals surface area contributed by atoms with Gasteiger partial charge in [-0.1, -0.05) is 13.3 Å². The van der Waals surface area contributed by atoms with Crippen LogP contribution in [0.15, 0.2) is 16.9 Å². The number of carbonyl (C=O) groups is 1. The lowest BCUT2D eigenvalue weighted by Gasteiger charge is -2.13. The maximum atomic E-state index is 11.2. The number of rotatable bonds is 4. The number of aromatic nitrogens is 1. The average molecular weight is 209 g/mol. The van der Waals surface area contributed by atoms with Gasteiger partial charge in [0.25, 0.3) is 0 Å². The minimum Gasteiger partial charge on any atom is -0.477 e. The highest BCUT2D eigenvalue weighted by Crippen LogP contribution is 2.05. The molecular weight excluding hydrogens is 194 g/mol. The van der Waals surface area contributed by atoms with Gasteiger partial charge in [0.15, 0.2) is 5.43 Å². The van der Waals surface area contributed by atoms with Crippen LogP contribution < -0.4 is 5.43 Å². The molecule has 82 valence electrons. The predicted molar refractivity (Wildman–Crippen MR) is 57.3 cm³/mol. The first-order chi connectivity index (χ1) is 7.06. The first-order valence-corrected chi connectivity index (χ1v) is 5.01. The van der Waals surface area contributed by atoms with Crippen molar-refractivity contribution in [3.8, 4) is 0 Å². The molecule has 1 aromatic heterocycles. The van der Waals surface area contributed by atoms with Gasteiger partial charge in [0.05, 0.1) is 0 Å². The Morgan fingerprint density at radius 2 is 2.13 bits per heavy atom. The maximum absolute atomic E-state index is 11.2. The van der Waals surface area contributed by atoms with Crippen LogP contribution in [0.5, 0.6) is 0 Å². The number of aryl methyl sites for hydroxylation is 1. The van der Waals surface area contributed by atoms with Gasteiger partial charge in [0, 0.05) is 24.4 Å². The fourth-order valence-corrected chi connectivity index (χ4v) is 1.52. The zero-order valence-electron chi connectivity index (χ0n) is 8.99. The minimum absolute atomic E-state index is 0.0773. The molecule has 0 saturated heterocycles. The van der Waals surface area contributed by atoms with Crippen LogP contribution in [-0.4, -0.2) is 15.6 Å². The fraction of sp³-hybridized carbons (Fsp3) is 0.455. The van der Waals surface area contributed by atoms with Crippen molar-refractivity contribution in [2.45, 2.75) is 33.2 Å². The summed E-state index contributed by atoms with van der Waals surface area (Å²) in [7, 11) is 0. The van der Waals surface area contributed by atoms with E-state index in [2.05, 4.69) is 0 Å². The zero-order chi connectivity index (χ0) is 11.4. The smallest absolute Gasteiger partial charge is 0.352 e. The van der Waals surface area contributed by atoms with E-state index in [-0.39, 0.29) is 11.1 Å². The van der Waals surface area contributed by atoms with Gasteiger partial charge >= 0.3 is 5.97 Å². The number of nitrogens with zero attached hydrogens (tertiary/aromatic N) is 1. The van der Waals surface area contributed by atoms with Gasteiger partial charge in [-0.3, -0.25) is 4.79 Å². The van der Waals surface area contributed by atoms with Gasteiger partial charge in [-0.25, -0.2) is 4.79 Å². The van der Waals surface area contributed by atoms with E-state index in [4.69, 9.17) is 5.11 Å². The second kappa shape index (κ2) is 4.77. The number of hydrogen-bond acceptors (Lipinski definition) is 2. The van der Waals surface area contributed by atoms with Crippen molar-refractivity contribution in [3.05, 3.63) is 33.7 Å². The summed E-state index contributed by atoms with van der Waals surface area (Å²) in [5.74, 6) is -1.05. The molecule has 0 unspecified atom stereocenters. The zero-order valence-corrected chi connectivity index (χ0v) is 8.99. The molecule has 1 rings (SSSR count). The Kier molecular flexibility index (Phi) is 3.66. The molecule has 1 aromatic rings. The number of aromatic carboxylic acids is 1. The summed E-state index contributed by atoms with van der Waals surface area (Å²) >= 11 is 0. The average Bonchev–Trinajstić information content (AvgIpc) is 2.15. The molecule has 0 spiro atoms. The van der Waals surface area contributed by atoms with Crippen molar-refractivity contribution >= 4 is 5.97 Å². The van der Waals surface area contributed by atoms with E-state index in [9.17, 15) is 9.59 Å². The van der Waals surface area contributed by atoms with E-state index in [1.807, 2.05) is 6.92 Å². The third-order valence-electron chi connectivity index (χ3n) is 2.30. The molecule has 0 aliphatic carbocycles. The minimum atomic E-state index is -1.05. The molecule has 0 amide bonds. The largest absolute Gasteiger partial charge is 0.477 e. The third-order valence-corrected chi connectivity index (χ3v) is 2.30. The van der Waals surface area contributed by atoms with E-state index in [0.29, 0.717) is 12.2 Å². The van der Waals surface area contributed by atoms with Crippen LogP contribution in [0.3, 0.4) is 0 Å². The lowest BCUT2D eigenvalue weighted by molar-refractivity contribution is 0.0683. The molecular formula is C11H15NO3. The van der Waals surface area contributed by atoms with Crippen molar-refractivity contribution < 1.29 is 9.90 Å². The number of carboxylic acids is 1. The Balaban J connectivity index is 3.21. The van der Waals surface area contributed by atoms with Crippen LogP contribution in [0, 0.1) is 6.92 Å². The lowest BCUT2D eigenvalue weighted by Crippen LogP contribution is -2.19. The van der Waals surface area contributed by atoms with E-state index in [0.717, 1.165) is 12.8 Å².